The van der Waals surface area contributed by atoms with Crippen molar-refractivity contribution in [1.82, 2.24) is 0 Å². The van der Waals surface area contributed by atoms with Crippen LogP contribution in [0.1, 0.15) is 22.3 Å². The maximum Gasteiger partial charge on any atom is 0.266 e. The van der Waals surface area contributed by atoms with Crippen LogP contribution in [-0.4, -0.2) is 13.0 Å². The van der Waals surface area contributed by atoms with Crippen LogP contribution in [0.4, 0.5) is 5.69 Å². The number of methoxy groups -OCH3 is 1. The molecule has 4 aromatic carbocycles. The number of carbonyl (C=O) groups is 1. The minimum atomic E-state index is -0.523. The number of nitrogens with one attached hydrogen (secondary N) is 1. The van der Waals surface area contributed by atoms with Crippen LogP contribution >= 0.6 is 15.9 Å². The first kappa shape index (κ1) is 27.5. The summed E-state index contributed by atoms with van der Waals surface area (Å²) >= 11 is 3.53. The van der Waals surface area contributed by atoms with Gasteiger partial charge in [0.2, 0.25) is 0 Å². The highest BCUT2D eigenvalue weighted by atomic mass is 79.9. The van der Waals surface area contributed by atoms with Crippen molar-refractivity contribution < 1.29 is 19.0 Å². The first-order valence-electron chi connectivity index (χ1n) is 12.2. The minimum Gasteiger partial charge on any atom is -0.493 e. The van der Waals surface area contributed by atoms with Crippen molar-refractivity contribution in [2.45, 2.75) is 20.1 Å². The van der Waals surface area contributed by atoms with Crippen LogP contribution in [0.25, 0.3) is 6.08 Å². The zero-order chi connectivity index (χ0) is 27.6. The van der Waals surface area contributed by atoms with E-state index in [0.717, 1.165) is 11.1 Å². The maximum absolute atomic E-state index is 12.8. The number of nitrogens with zero attached hydrogens (tertiary/aromatic N) is 1. The number of rotatable bonds is 10. The standard InChI is InChI=1S/C32H27BrN2O4/c1-22-8-10-24(11-9-22)21-39-31-29(33)17-25(18-30(31)37-2)16-26(19-34)32(36)35-27-12-14-28(15-13-27)38-20-23-6-4-3-5-7-23/h3-18H,20-21H2,1-2H3,(H,35,36)/b26-16+. The second kappa shape index (κ2) is 13.3. The molecule has 39 heavy (non-hydrogen) atoms. The van der Waals surface area contributed by atoms with E-state index in [4.69, 9.17) is 14.2 Å². The molecule has 0 radical (unpaired) electrons. The second-order valence-electron chi connectivity index (χ2n) is 8.73. The number of hydrogen-bond acceptors (Lipinski definition) is 5. The third-order valence-corrected chi connectivity index (χ3v) is 6.38. The van der Waals surface area contributed by atoms with Gasteiger partial charge in [-0.2, -0.15) is 5.26 Å². The Morgan fingerprint density at radius 3 is 2.26 bits per heavy atom. The molecule has 0 bridgehead atoms. The molecule has 0 unspecified atom stereocenters. The van der Waals surface area contributed by atoms with Crippen molar-refractivity contribution in [3.8, 4) is 23.3 Å². The molecule has 0 fully saturated rings. The molecule has 1 N–H and O–H groups in total. The van der Waals surface area contributed by atoms with E-state index in [0.29, 0.717) is 46.2 Å². The average molecular weight is 583 g/mol. The molecule has 0 spiro atoms. The number of carbonyl (C=O) groups excluding carboxylic acids is 1. The molecule has 4 rings (SSSR count). The van der Waals surface area contributed by atoms with Crippen molar-refractivity contribution in [3.05, 3.63) is 123 Å². The first-order chi connectivity index (χ1) is 18.9. The Labute approximate surface area is 236 Å². The highest BCUT2D eigenvalue weighted by Crippen LogP contribution is 2.38. The number of halogens is 1. The molecule has 6 nitrogen and oxygen atoms in total. The van der Waals surface area contributed by atoms with Gasteiger partial charge in [0.25, 0.3) is 5.91 Å². The molecule has 0 aliphatic heterocycles. The van der Waals surface area contributed by atoms with Crippen molar-refractivity contribution in [2.75, 3.05) is 12.4 Å². The van der Waals surface area contributed by atoms with E-state index in [1.54, 1.807) is 43.5 Å². The lowest BCUT2D eigenvalue weighted by atomic mass is 10.1. The zero-order valence-electron chi connectivity index (χ0n) is 21.6. The van der Waals surface area contributed by atoms with Crippen LogP contribution in [0, 0.1) is 18.3 Å². The average Bonchev–Trinajstić information content (AvgIpc) is 2.96. The van der Waals surface area contributed by atoms with E-state index in [2.05, 4.69) is 21.2 Å². The van der Waals surface area contributed by atoms with Crippen LogP contribution in [0.5, 0.6) is 17.2 Å². The summed E-state index contributed by atoms with van der Waals surface area (Å²) < 4.78 is 18.0. The molecule has 7 heteroatoms. The molecule has 0 aromatic heterocycles. The SMILES string of the molecule is COc1cc(/C=C(\C#N)C(=O)Nc2ccc(OCc3ccccc3)cc2)cc(Br)c1OCc1ccc(C)cc1. The van der Waals surface area contributed by atoms with Crippen LogP contribution in [0.2, 0.25) is 0 Å². The summed E-state index contributed by atoms with van der Waals surface area (Å²) in [6, 6.07) is 30.4. The summed E-state index contributed by atoms with van der Waals surface area (Å²) in [5, 5.41) is 12.4. The van der Waals surface area contributed by atoms with Gasteiger partial charge in [-0.25, -0.2) is 0 Å². The molecule has 0 saturated carbocycles. The van der Waals surface area contributed by atoms with E-state index in [1.165, 1.54) is 11.6 Å². The van der Waals surface area contributed by atoms with Gasteiger partial charge in [0, 0.05) is 5.69 Å². The summed E-state index contributed by atoms with van der Waals surface area (Å²) in [5.74, 6) is 1.17. The van der Waals surface area contributed by atoms with E-state index >= 15 is 0 Å². The Morgan fingerprint density at radius 2 is 1.59 bits per heavy atom. The predicted octanol–water partition coefficient (Wildman–Crippen LogP) is 7.47. The van der Waals surface area contributed by atoms with Gasteiger partial charge < -0.3 is 19.5 Å². The topological polar surface area (TPSA) is 80.6 Å². The van der Waals surface area contributed by atoms with Crippen LogP contribution in [0.15, 0.2) is 101 Å². The van der Waals surface area contributed by atoms with Gasteiger partial charge in [-0.3, -0.25) is 4.79 Å². The van der Waals surface area contributed by atoms with Gasteiger partial charge in [-0.05, 0) is 82.0 Å². The van der Waals surface area contributed by atoms with Crippen LogP contribution < -0.4 is 19.5 Å². The van der Waals surface area contributed by atoms with Gasteiger partial charge >= 0.3 is 0 Å². The summed E-state index contributed by atoms with van der Waals surface area (Å²) in [6.45, 7) is 2.85. The normalized spacial score (nSPS) is 10.9. The highest BCUT2D eigenvalue weighted by molar-refractivity contribution is 9.10. The maximum atomic E-state index is 12.8. The highest BCUT2D eigenvalue weighted by Gasteiger charge is 2.14. The number of benzene rings is 4. The Balaban J connectivity index is 1.42. The van der Waals surface area contributed by atoms with Gasteiger partial charge in [0.05, 0.1) is 11.6 Å². The molecular formula is C32H27BrN2O4. The van der Waals surface area contributed by atoms with E-state index in [9.17, 15) is 10.1 Å². The quantitative estimate of drug-likeness (QED) is 0.155. The summed E-state index contributed by atoms with van der Waals surface area (Å²) in [5.41, 5.74) is 4.37. The number of hydrogen-bond donors (Lipinski definition) is 1. The van der Waals surface area contributed by atoms with Crippen molar-refractivity contribution in [2.24, 2.45) is 0 Å². The lowest BCUT2D eigenvalue weighted by Gasteiger charge is -2.14. The molecule has 0 atom stereocenters. The predicted molar refractivity (Wildman–Crippen MR) is 156 cm³/mol. The molecule has 4 aromatic rings. The van der Waals surface area contributed by atoms with Crippen molar-refractivity contribution >= 4 is 33.6 Å². The Bertz CT molecular complexity index is 1490. The minimum absolute atomic E-state index is 0.0540. The van der Waals surface area contributed by atoms with Crippen LogP contribution in [0.3, 0.4) is 0 Å². The lowest BCUT2D eigenvalue weighted by Crippen LogP contribution is -2.13. The smallest absolute Gasteiger partial charge is 0.266 e. The van der Waals surface area contributed by atoms with E-state index in [1.807, 2.05) is 67.6 Å². The third-order valence-electron chi connectivity index (χ3n) is 5.79. The second-order valence-corrected chi connectivity index (χ2v) is 9.59. The Kier molecular flexibility index (Phi) is 9.39. The number of aryl methyl sites for hydroxylation is 1. The van der Waals surface area contributed by atoms with Gasteiger partial charge in [-0.1, -0.05) is 60.2 Å². The molecule has 1 amide bonds. The number of nitriles is 1. The van der Waals surface area contributed by atoms with Gasteiger partial charge in [0.1, 0.15) is 30.6 Å². The fourth-order valence-corrected chi connectivity index (χ4v) is 4.27. The molecular weight excluding hydrogens is 556 g/mol. The van der Waals surface area contributed by atoms with Crippen molar-refractivity contribution in [1.29, 1.82) is 5.26 Å². The number of ether oxygens (including phenoxy) is 3. The molecule has 0 aliphatic rings. The molecule has 0 saturated heterocycles. The Morgan fingerprint density at radius 1 is 0.923 bits per heavy atom. The molecule has 0 heterocycles. The fourth-order valence-electron chi connectivity index (χ4n) is 3.69. The molecule has 0 aliphatic carbocycles. The largest absolute Gasteiger partial charge is 0.493 e. The fraction of sp³-hybridized carbons (Fsp3) is 0.125. The Hall–Kier alpha value is -4.54. The number of amides is 1. The third kappa shape index (κ3) is 7.73. The summed E-state index contributed by atoms with van der Waals surface area (Å²) in [4.78, 5) is 12.8. The summed E-state index contributed by atoms with van der Waals surface area (Å²) in [7, 11) is 1.54. The van der Waals surface area contributed by atoms with Gasteiger partial charge in [-0.15, -0.1) is 0 Å². The van der Waals surface area contributed by atoms with Crippen molar-refractivity contribution in [3.63, 3.8) is 0 Å². The number of anilines is 1. The lowest BCUT2D eigenvalue weighted by molar-refractivity contribution is -0.112. The van der Waals surface area contributed by atoms with Crippen LogP contribution in [-0.2, 0) is 18.0 Å². The molecule has 196 valence electrons. The monoisotopic (exact) mass is 582 g/mol. The summed E-state index contributed by atoms with van der Waals surface area (Å²) in [6.07, 6.45) is 1.50. The van der Waals surface area contributed by atoms with E-state index < -0.39 is 5.91 Å². The van der Waals surface area contributed by atoms with Gasteiger partial charge in [0.15, 0.2) is 11.5 Å². The van der Waals surface area contributed by atoms with E-state index in [-0.39, 0.29) is 5.57 Å². The first-order valence-corrected chi connectivity index (χ1v) is 13.0. The zero-order valence-corrected chi connectivity index (χ0v) is 23.2.